The van der Waals surface area contributed by atoms with Crippen molar-refractivity contribution in [2.24, 2.45) is 5.41 Å². The van der Waals surface area contributed by atoms with Gasteiger partial charge in [-0.2, -0.15) is 10.4 Å². The summed E-state index contributed by atoms with van der Waals surface area (Å²) in [5.74, 6) is 0. The van der Waals surface area contributed by atoms with Gasteiger partial charge in [-0.25, -0.2) is 0 Å². The molecule has 1 N–H and O–H groups in total. The first-order valence-corrected chi connectivity index (χ1v) is 8.44. The normalized spacial score (nSPS) is 28.9. The number of halogens is 2. The van der Waals surface area contributed by atoms with Crippen molar-refractivity contribution in [2.75, 3.05) is 13.1 Å². The maximum absolute atomic E-state index is 9.22. The van der Waals surface area contributed by atoms with Gasteiger partial charge in [-0.1, -0.05) is 29.3 Å². The molecule has 4 rings (SSSR count). The zero-order chi connectivity index (χ0) is 16.1. The van der Waals surface area contributed by atoms with Crippen LogP contribution < -0.4 is 5.32 Å². The number of rotatable bonds is 3. The van der Waals surface area contributed by atoms with Crippen LogP contribution in [0.5, 0.6) is 0 Å². The quantitative estimate of drug-likeness (QED) is 0.926. The Balaban J connectivity index is 1.71. The van der Waals surface area contributed by atoms with Crippen molar-refractivity contribution in [3.63, 3.8) is 0 Å². The maximum atomic E-state index is 9.22. The average Bonchev–Trinajstić information content (AvgIpc) is 3.03. The molecule has 4 nitrogen and oxygen atoms in total. The largest absolute Gasteiger partial charge is 0.316 e. The molecule has 6 heteroatoms. The Morgan fingerprint density at radius 2 is 2.17 bits per heavy atom. The highest BCUT2D eigenvalue weighted by Crippen LogP contribution is 2.68. The molecular weight excluding hydrogens is 331 g/mol. The first kappa shape index (κ1) is 15.0. The molecule has 0 bridgehead atoms. The molecular formula is C17H16Cl2N4. The number of nitrogens with one attached hydrogen (secondary N) is 1. The molecule has 0 amide bonds. The molecule has 1 aliphatic heterocycles. The van der Waals surface area contributed by atoms with E-state index in [2.05, 4.69) is 22.6 Å². The fourth-order valence-corrected chi connectivity index (χ4v) is 4.50. The highest BCUT2D eigenvalue weighted by molar-refractivity contribution is 6.42. The van der Waals surface area contributed by atoms with Crippen molar-refractivity contribution in [2.45, 2.75) is 24.8 Å². The molecule has 1 saturated carbocycles. The van der Waals surface area contributed by atoms with Gasteiger partial charge in [0.25, 0.3) is 0 Å². The number of fused-ring (bicyclic) bond motifs is 1. The number of hydrogen-bond donors (Lipinski definition) is 1. The summed E-state index contributed by atoms with van der Waals surface area (Å²) in [6, 6.07) is 9.95. The van der Waals surface area contributed by atoms with Gasteiger partial charge in [0, 0.05) is 17.4 Å². The van der Waals surface area contributed by atoms with Crippen LogP contribution in [-0.2, 0) is 12.0 Å². The van der Waals surface area contributed by atoms with Crippen LogP contribution in [0.2, 0.25) is 10.0 Å². The summed E-state index contributed by atoms with van der Waals surface area (Å²) < 4.78 is 1.83. The fourth-order valence-electron chi connectivity index (χ4n) is 4.20. The average molecular weight is 347 g/mol. The van der Waals surface area contributed by atoms with Crippen LogP contribution in [-0.4, -0.2) is 22.9 Å². The van der Waals surface area contributed by atoms with Gasteiger partial charge in [0.15, 0.2) is 0 Å². The highest BCUT2D eigenvalue weighted by Gasteiger charge is 2.68. The predicted octanol–water partition coefficient (Wildman–Crippen LogP) is 3.38. The van der Waals surface area contributed by atoms with Gasteiger partial charge in [0.05, 0.1) is 22.8 Å². The molecule has 0 spiro atoms. The Kier molecular flexibility index (Phi) is 3.42. The van der Waals surface area contributed by atoms with Crippen molar-refractivity contribution in [3.8, 4) is 6.07 Å². The van der Waals surface area contributed by atoms with E-state index in [9.17, 15) is 5.26 Å². The van der Waals surface area contributed by atoms with E-state index in [1.165, 1.54) is 5.56 Å². The van der Waals surface area contributed by atoms with Crippen LogP contribution in [0.1, 0.15) is 24.1 Å². The lowest BCUT2D eigenvalue weighted by atomic mass is 9.81. The molecule has 2 fully saturated rings. The van der Waals surface area contributed by atoms with Gasteiger partial charge >= 0.3 is 0 Å². The molecule has 2 heterocycles. The van der Waals surface area contributed by atoms with Crippen molar-refractivity contribution < 1.29 is 0 Å². The third-order valence-corrected chi connectivity index (χ3v) is 6.22. The molecule has 1 aromatic carbocycles. The van der Waals surface area contributed by atoms with E-state index in [0.717, 1.165) is 32.5 Å². The smallest absolute Gasteiger partial charge is 0.138 e. The second-order valence-corrected chi connectivity index (χ2v) is 7.40. The van der Waals surface area contributed by atoms with Crippen molar-refractivity contribution in [3.05, 3.63) is 51.8 Å². The van der Waals surface area contributed by atoms with Crippen molar-refractivity contribution in [1.29, 1.82) is 5.26 Å². The second-order valence-electron chi connectivity index (χ2n) is 6.58. The summed E-state index contributed by atoms with van der Waals surface area (Å²) in [6.45, 7) is 2.67. The molecule has 1 saturated heterocycles. The number of nitriles is 1. The standard InChI is InChI=1S/C17H16Cl2N4/c18-14-2-1-12(7-15(14)19)17-4-6-21-10-16(17,9-17)11-23-13(8-20)3-5-22-23/h1-3,5,7,21H,4,6,9-11H2/t16-,17-/m1/s1. The van der Waals surface area contributed by atoms with Crippen LogP contribution in [0.25, 0.3) is 0 Å². The molecule has 23 heavy (non-hydrogen) atoms. The summed E-state index contributed by atoms with van der Waals surface area (Å²) in [5, 5.41) is 18.3. The molecule has 2 aromatic rings. The predicted molar refractivity (Wildman–Crippen MR) is 89.6 cm³/mol. The number of piperidine rings is 1. The van der Waals surface area contributed by atoms with E-state index >= 15 is 0 Å². The zero-order valence-electron chi connectivity index (χ0n) is 12.5. The number of benzene rings is 1. The third-order valence-electron chi connectivity index (χ3n) is 5.48. The third kappa shape index (κ3) is 2.19. The summed E-state index contributed by atoms with van der Waals surface area (Å²) in [4.78, 5) is 0. The van der Waals surface area contributed by atoms with Gasteiger partial charge < -0.3 is 5.32 Å². The van der Waals surface area contributed by atoms with Crippen LogP contribution in [0.15, 0.2) is 30.5 Å². The maximum Gasteiger partial charge on any atom is 0.138 e. The summed E-state index contributed by atoms with van der Waals surface area (Å²) in [5.41, 5.74) is 2.05. The Morgan fingerprint density at radius 1 is 1.30 bits per heavy atom. The van der Waals surface area contributed by atoms with E-state index in [-0.39, 0.29) is 10.8 Å². The molecule has 2 atom stereocenters. The topological polar surface area (TPSA) is 53.6 Å². The SMILES string of the molecule is N#Cc1ccnn1C[C@@]12CNCC[C@]1(c1ccc(Cl)c(Cl)c1)C2. The zero-order valence-corrected chi connectivity index (χ0v) is 14.0. The Hall–Kier alpha value is -1.54. The monoisotopic (exact) mass is 346 g/mol. The molecule has 0 radical (unpaired) electrons. The molecule has 2 aliphatic rings. The lowest BCUT2D eigenvalue weighted by Gasteiger charge is -2.32. The molecule has 1 aromatic heterocycles. The minimum Gasteiger partial charge on any atom is -0.316 e. The van der Waals surface area contributed by atoms with Crippen LogP contribution in [0, 0.1) is 16.7 Å². The Bertz CT molecular complexity index is 809. The number of nitrogens with zero attached hydrogens (tertiary/aromatic N) is 3. The van der Waals surface area contributed by atoms with E-state index in [1.807, 2.05) is 16.8 Å². The second kappa shape index (κ2) is 5.24. The summed E-state index contributed by atoms with van der Waals surface area (Å²) in [7, 11) is 0. The summed E-state index contributed by atoms with van der Waals surface area (Å²) >= 11 is 12.3. The number of aromatic nitrogens is 2. The molecule has 1 aliphatic carbocycles. The van der Waals surface area contributed by atoms with Gasteiger partial charge in [0.1, 0.15) is 11.8 Å². The van der Waals surface area contributed by atoms with E-state index in [4.69, 9.17) is 23.2 Å². The van der Waals surface area contributed by atoms with E-state index < -0.39 is 0 Å². The van der Waals surface area contributed by atoms with Gasteiger partial charge in [-0.3, -0.25) is 4.68 Å². The van der Waals surface area contributed by atoms with Gasteiger partial charge in [0.2, 0.25) is 0 Å². The van der Waals surface area contributed by atoms with Crippen molar-refractivity contribution in [1.82, 2.24) is 15.1 Å². The van der Waals surface area contributed by atoms with Crippen LogP contribution in [0.3, 0.4) is 0 Å². The van der Waals surface area contributed by atoms with Crippen LogP contribution >= 0.6 is 23.2 Å². The van der Waals surface area contributed by atoms with Gasteiger partial charge in [-0.05, 0) is 43.1 Å². The summed E-state index contributed by atoms with van der Waals surface area (Å²) in [6.07, 6.45) is 3.83. The van der Waals surface area contributed by atoms with E-state index in [1.54, 1.807) is 12.3 Å². The Labute approximate surface area is 145 Å². The van der Waals surface area contributed by atoms with Crippen molar-refractivity contribution >= 4 is 23.2 Å². The van der Waals surface area contributed by atoms with Gasteiger partial charge in [-0.15, -0.1) is 0 Å². The Morgan fingerprint density at radius 3 is 2.96 bits per heavy atom. The first-order valence-electron chi connectivity index (χ1n) is 7.68. The highest BCUT2D eigenvalue weighted by atomic mass is 35.5. The lowest BCUT2D eigenvalue weighted by Crippen LogP contribution is -2.41. The van der Waals surface area contributed by atoms with E-state index in [0.29, 0.717) is 15.7 Å². The number of hydrogen-bond acceptors (Lipinski definition) is 3. The lowest BCUT2D eigenvalue weighted by molar-refractivity contribution is 0.274. The van der Waals surface area contributed by atoms with Crippen LogP contribution in [0.4, 0.5) is 0 Å². The molecule has 118 valence electrons. The minimum absolute atomic E-state index is 0.0834. The fraction of sp³-hybridized carbons (Fsp3) is 0.412. The first-order chi connectivity index (χ1) is 11.1. The minimum atomic E-state index is 0.0834. The molecule has 0 unspecified atom stereocenters.